The van der Waals surface area contributed by atoms with Crippen LogP contribution in [-0.2, 0) is 16.0 Å². The normalized spacial score (nSPS) is 27.2. The first-order valence-corrected chi connectivity index (χ1v) is 12.7. The number of aryl methyl sites for hydroxylation is 1. The number of nitrogens with zero attached hydrogens (tertiary/aromatic N) is 1. The minimum Gasteiger partial charge on any atom is -0.299 e. The number of hydrogen-bond donors (Lipinski definition) is 3. The zero-order chi connectivity index (χ0) is 22.4. The van der Waals surface area contributed by atoms with Crippen molar-refractivity contribution in [1.82, 2.24) is 15.6 Å². The molecule has 3 atom stereocenters. The lowest BCUT2D eigenvalue weighted by Crippen LogP contribution is -2.38. The number of Topliss-reactive ketones (excluding diaryl/α,β-unsaturated/α-hetero) is 1. The van der Waals surface area contributed by atoms with E-state index < -0.39 is 0 Å². The van der Waals surface area contributed by atoms with E-state index in [0.717, 1.165) is 56.2 Å². The molecule has 172 valence electrons. The summed E-state index contributed by atoms with van der Waals surface area (Å²) in [5.74, 6) is 1.38. The van der Waals surface area contributed by atoms with Crippen molar-refractivity contribution in [2.75, 3.05) is 5.43 Å². The third kappa shape index (κ3) is 3.90. The number of fused-ring (bicyclic) bond motifs is 6. The van der Waals surface area contributed by atoms with E-state index in [2.05, 4.69) is 39.3 Å². The SMILES string of the molecule is O=C1CCCCC2=CC3CCCc4cc(cc2c43)-c2cc(n[nH]2)NNC(=O)C2CCCC1C2. The highest BCUT2D eigenvalue weighted by Gasteiger charge is 2.32. The summed E-state index contributed by atoms with van der Waals surface area (Å²) >= 11 is 0. The smallest absolute Gasteiger partial charge is 0.241 e. The van der Waals surface area contributed by atoms with Gasteiger partial charge >= 0.3 is 0 Å². The molecule has 33 heavy (non-hydrogen) atoms. The number of benzene rings is 1. The number of H-pyrrole nitrogens is 1. The lowest BCUT2D eigenvalue weighted by molar-refractivity contribution is -0.128. The lowest BCUT2D eigenvalue weighted by Gasteiger charge is -2.27. The summed E-state index contributed by atoms with van der Waals surface area (Å²) in [5, 5.41) is 7.53. The number of aromatic nitrogens is 2. The van der Waals surface area contributed by atoms with Gasteiger partial charge in [0.1, 0.15) is 5.78 Å². The van der Waals surface area contributed by atoms with Crippen LogP contribution in [0, 0.1) is 11.8 Å². The molecule has 4 aliphatic rings. The molecule has 3 unspecified atom stereocenters. The number of carbonyl (C=O) groups is 2. The zero-order valence-electron chi connectivity index (χ0n) is 19.1. The quantitative estimate of drug-likeness (QED) is 0.515. The van der Waals surface area contributed by atoms with Gasteiger partial charge in [-0.05, 0) is 92.2 Å². The highest BCUT2D eigenvalue weighted by molar-refractivity contribution is 5.85. The lowest BCUT2D eigenvalue weighted by atomic mass is 9.78. The Balaban J connectivity index is 1.33. The Bertz CT molecular complexity index is 1130. The van der Waals surface area contributed by atoms with Crippen molar-refractivity contribution in [3.8, 4) is 11.3 Å². The van der Waals surface area contributed by atoms with E-state index in [-0.39, 0.29) is 17.7 Å². The minimum atomic E-state index is -0.114. The molecule has 6 heteroatoms. The number of allylic oxidation sites excluding steroid dienone is 2. The fourth-order valence-electron chi connectivity index (χ4n) is 6.45. The molecule has 2 heterocycles. The van der Waals surface area contributed by atoms with Crippen molar-refractivity contribution >= 4 is 23.1 Å². The maximum Gasteiger partial charge on any atom is 0.241 e. The van der Waals surface area contributed by atoms with Crippen LogP contribution in [0.25, 0.3) is 16.8 Å². The molecule has 2 aromatic rings. The van der Waals surface area contributed by atoms with Gasteiger partial charge in [0.15, 0.2) is 5.82 Å². The summed E-state index contributed by atoms with van der Waals surface area (Å²) in [4.78, 5) is 25.6. The number of nitrogens with one attached hydrogen (secondary N) is 3. The van der Waals surface area contributed by atoms with Crippen molar-refractivity contribution in [1.29, 1.82) is 0 Å². The van der Waals surface area contributed by atoms with E-state index in [1.807, 2.05) is 6.07 Å². The predicted molar refractivity (Wildman–Crippen MR) is 128 cm³/mol. The minimum absolute atomic E-state index is 0.0281. The molecule has 6 bridgehead atoms. The fraction of sp³-hybridized carbons (Fsp3) is 0.519. The van der Waals surface area contributed by atoms with Crippen LogP contribution in [-0.4, -0.2) is 21.9 Å². The molecular formula is C27H32N4O2. The maximum absolute atomic E-state index is 12.9. The van der Waals surface area contributed by atoms with Crippen LogP contribution < -0.4 is 10.9 Å². The number of aromatic amines is 1. The first kappa shape index (κ1) is 20.7. The van der Waals surface area contributed by atoms with Gasteiger partial charge in [-0.25, -0.2) is 0 Å². The van der Waals surface area contributed by atoms with E-state index in [1.54, 1.807) is 0 Å². The van der Waals surface area contributed by atoms with Crippen LogP contribution in [0.3, 0.4) is 0 Å². The summed E-state index contributed by atoms with van der Waals surface area (Å²) < 4.78 is 0. The Labute approximate surface area is 194 Å². The summed E-state index contributed by atoms with van der Waals surface area (Å²) in [5.41, 5.74) is 13.8. The number of hydrogen-bond acceptors (Lipinski definition) is 4. The van der Waals surface area contributed by atoms with E-state index >= 15 is 0 Å². The Morgan fingerprint density at radius 1 is 0.848 bits per heavy atom. The molecule has 1 saturated carbocycles. The number of anilines is 1. The Morgan fingerprint density at radius 3 is 2.67 bits per heavy atom. The third-order valence-electron chi connectivity index (χ3n) is 8.17. The molecular weight excluding hydrogens is 412 g/mol. The summed E-state index contributed by atoms with van der Waals surface area (Å²) in [6.07, 6.45) is 13.1. The van der Waals surface area contributed by atoms with Gasteiger partial charge in [-0.2, -0.15) is 5.10 Å². The first-order valence-electron chi connectivity index (χ1n) is 12.7. The Hall–Kier alpha value is -2.89. The number of ketones is 1. The second-order valence-corrected chi connectivity index (χ2v) is 10.3. The molecule has 3 N–H and O–H groups in total. The molecule has 6 rings (SSSR count). The monoisotopic (exact) mass is 444 g/mol. The number of hydrazine groups is 1. The second kappa shape index (κ2) is 8.47. The summed E-state index contributed by atoms with van der Waals surface area (Å²) in [7, 11) is 0. The van der Waals surface area contributed by atoms with Crippen molar-refractivity contribution < 1.29 is 9.59 Å². The molecule has 1 amide bonds. The van der Waals surface area contributed by atoms with Crippen molar-refractivity contribution in [3.05, 3.63) is 41.0 Å². The molecule has 1 aliphatic heterocycles. The van der Waals surface area contributed by atoms with Crippen molar-refractivity contribution in [2.45, 2.75) is 76.5 Å². The van der Waals surface area contributed by atoms with Crippen LogP contribution in [0.1, 0.15) is 86.8 Å². The van der Waals surface area contributed by atoms with Gasteiger partial charge in [0.05, 0.1) is 5.69 Å². The average molecular weight is 445 g/mol. The van der Waals surface area contributed by atoms with Gasteiger partial charge in [0, 0.05) is 35.8 Å². The molecule has 0 saturated heterocycles. The molecule has 1 aromatic carbocycles. The zero-order valence-corrected chi connectivity index (χ0v) is 19.1. The number of amides is 1. The largest absolute Gasteiger partial charge is 0.299 e. The van der Waals surface area contributed by atoms with Crippen LogP contribution in [0.2, 0.25) is 0 Å². The number of rotatable bonds is 0. The van der Waals surface area contributed by atoms with Gasteiger partial charge in [-0.3, -0.25) is 25.5 Å². The maximum atomic E-state index is 12.9. The van der Waals surface area contributed by atoms with Gasteiger partial charge in [0.2, 0.25) is 5.91 Å². The molecule has 1 fully saturated rings. The van der Waals surface area contributed by atoms with E-state index in [4.69, 9.17) is 0 Å². The van der Waals surface area contributed by atoms with E-state index in [1.165, 1.54) is 35.1 Å². The summed E-state index contributed by atoms with van der Waals surface area (Å²) in [6, 6.07) is 6.59. The Kier molecular flexibility index (Phi) is 5.31. The third-order valence-corrected chi connectivity index (χ3v) is 8.17. The Morgan fingerprint density at radius 2 is 1.73 bits per heavy atom. The molecule has 0 radical (unpaired) electrons. The van der Waals surface area contributed by atoms with Crippen LogP contribution >= 0.6 is 0 Å². The molecule has 0 spiro atoms. The average Bonchev–Trinajstić information content (AvgIpc) is 3.46. The van der Waals surface area contributed by atoms with E-state index in [0.29, 0.717) is 30.4 Å². The topological polar surface area (TPSA) is 86.9 Å². The molecule has 3 aliphatic carbocycles. The van der Waals surface area contributed by atoms with Gasteiger partial charge in [-0.15, -0.1) is 0 Å². The summed E-state index contributed by atoms with van der Waals surface area (Å²) in [6.45, 7) is 0. The van der Waals surface area contributed by atoms with Crippen molar-refractivity contribution in [2.24, 2.45) is 11.8 Å². The van der Waals surface area contributed by atoms with Gasteiger partial charge in [0.25, 0.3) is 0 Å². The second-order valence-electron chi connectivity index (χ2n) is 10.3. The highest BCUT2D eigenvalue weighted by atomic mass is 16.2. The van der Waals surface area contributed by atoms with E-state index in [9.17, 15) is 9.59 Å². The molecule has 1 aromatic heterocycles. The first-order chi connectivity index (χ1) is 16.2. The van der Waals surface area contributed by atoms with Crippen molar-refractivity contribution in [3.63, 3.8) is 0 Å². The van der Waals surface area contributed by atoms with Crippen LogP contribution in [0.15, 0.2) is 24.3 Å². The number of carbonyl (C=O) groups excluding carboxylic acids is 2. The van der Waals surface area contributed by atoms with Crippen LogP contribution in [0.5, 0.6) is 0 Å². The standard InChI is InChI=1S/C27H32N4O2/c32-24-10-2-1-5-16-11-18-7-4-8-19-13-21(14-22(16)26(18)19)23-15-25(29-28-23)30-31-27(33)20-9-3-6-17(24)12-20/h11,13-15,17-18,20H,1-10,12H2,(H,31,33)(H2,28,29,30). The predicted octanol–water partition coefficient (Wildman–Crippen LogP) is 5.29. The highest BCUT2D eigenvalue weighted by Crippen LogP contribution is 2.47. The molecule has 6 nitrogen and oxygen atoms in total. The van der Waals surface area contributed by atoms with Crippen LogP contribution in [0.4, 0.5) is 5.82 Å². The fourth-order valence-corrected chi connectivity index (χ4v) is 6.45. The van der Waals surface area contributed by atoms with Gasteiger partial charge in [-0.1, -0.05) is 12.5 Å². The van der Waals surface area contributed by atoms with Gasteiger partial charge < -0.3 is 0 Å².